The number of phenols is 1. The summed E-state index contributed by atoms with van der Waals surface area (Å²) in [5.74, 6) is 4.86. The monoisotopic (exact) mass is 469 g/mol. The summed E-state index contributed by atoms with van der Waals surface area (Å²) >= 11 is 0. The quantitative estimate of drug-likeness (QED) is 0.384. The first-order chi connectivity index (χ1) is 18.0. The van der Waals surface area contributed by atoms with E-state index in [1.54, 1.807) is 25.1 Å². The van der Waals surface area contributed by atoms with Crippen LogP contribution in [0.2, 0.25) is 0 Å². The minimum absolute atomic E-state index is 0.0599. The van der Waals surface area contributed by atoms with E-state index >= 15 is 0 Å². The lowest BCUT2D eigenvalue weighted by atomic mass is 9.96. The number of phenolic OH excluding ortho intramolecular Hbond substituents is 1. The number of rotatable bonds is 4. The van der Waals surface area contributed by atoms with Crippen LogP contribution in [0.5, 0.6) is 5.75 Å². The number of aryl methyl sites for hydroxylation is 2. The number of nitrogens with one attached hydrogen (secondary N) is 1. The smallest absolute Gasteiger partial charge is 0.270 e. The van der Waals surface area contributed by atoms with Gasteiger partial charge in [0.1, 0.15) is 23.1 Å². The third-order valence-electron chi connectivity index (χ3n) is 5.14. The van der Waals surface area contributed by atoms with Crippen LogP contribution in [-0.4, -0.2) is 21.0 Å². The predicted octanol–water partition coefficient (Wildman–Crippen LogP) is 4.44. The second-order valence-electron chi connectivity index (χ2n) is 7.84. The van der Waals surface area contributed by atoms with Crippen molar-refractivity contribution in [3.63, 3.8) is 0 Å². The maximum absolute atomic E-state index is 14.1. The molecule has 4 aromatic rings. The van der Waals surface area contributed by atoms with Gasteiger partial charge in [0.15, 0.2) is 0 Å². The van der Waals surface area contributed by atoms with E-state index in [9.17, 15) is 14.3 Å². The maximum atomic E-state index is 14.1. The maximum Gasteiger partial charge on any atom is 0.270 e. The fourth-order valence-corrected chi connectivity index (χ4v) is 3.46. The van der Waals surface area contributed by atoms with E-state index < -0.39 is 24.6 Å². The largest absolute Gasteiger partial charge is 0.508 e. The van der Waals surface area contributed by atoms with Crippen LogP contribution in [0.3, 0.4) is 0 Å². The van der Waals surface area contributed by atoms with Gasteiger partial charge in [-0.1, -0.05) is 41.7 Å². The van der Waals surface area contributed by atoms with Crippen LogP contribution in [0.1, 0.15) is 54.2 Å². The minimum Gasteiger partial charge on any atom is -0.508 e. The molecule has 1 amide bonds. The number of aromatic hydroxyl groups is 1. The fourth-order valence-electron chi connectivity index (χ4n) is 3.46. The summed E-state index contributed by atoms with van der Waals surface area (Å²) in [6.45, 7) is -0.597. The zero-order valence-electron chi connectivity index (χ0n) is 21.7. The standard InChI is InChI=1S/C28H23FN4O2/c1-17-3-8-21(9-4-17)27(23-15-22(29)10-11-25(23)34)33-28(35)24-14-20(13-18(2)32-24)6-5-19-7-12-26(30)31-16-19/h3-4,7-16,27,34H,1-2H3,(H2,30,31)(H,33,35)/i1D3. The Hall–Kier alpha value is -4.70. The third-order valence-corrected chi connectivity index (χ3v) is 5.14. The van der Waals surface area contributed by atoms with Gasteiger partial charge >= 0.3 is 0 Å². The SMILES string of the molecule is [2H]C([2H])([2H])c1ccc(C(NC(=O)c2cc(C#Cc3ccc(N)nc3)cc(C)n2)c2cc(F)ccc2O)cc1. The Labute approximate surface area is 206 Å². The van der Waals surface area contributed by atoms with Crippen molar-refractivity contribution < 1.29 is 18.4 Å². The van der Waals surface area contributed by atoms with E-state index in [0.717, 1.165) is 12.1 Å². The van der Waals surface area contributed by atoms with Crippen LogP contribution < -0.4 is 11.1 Å². The molecule has 7 heteroatoms. The van der Waals surface area contributed by atoms with Gasteiger partial charge < -0.3 is 16.2 Å². The Kier molecular flexibility index (Phi) is 5.67. The number of carbonyl (C=O) groups is 1. The molecule has 1 atom stereocenters. The third kappa shape index (κ3) is 5.81. The highest BCUT2D eigenvalue weighted by molar-refractivity contribution is 5.93. The topological polar surface area (TPSA) is 101 Å². The van der Waals surface area contributed by atoms with Gasteiger partial charge in [-0.05, 0) is 61.8 Å². The Morgan fingerprint density at radius 2 is 1.86 bits per heavy atom. The van der Waals surface area contributed by atoms with Crippen molar-refractivity contribution in [2.75, 3.05) is 5.73 Å². The zero-order chi connectivity index (χ0) is 27.4. The molecule has 6 nitrogen and oxygen atoms in total. The van der Waals surface area contributed by atoms with Crippen molar-refractivity contribution in [2.24, 2.45) is 0 Å². The molecule has 0 aliphatic rings. The van der Waals surface area contributed by atoms with Gasteiger partial charge in [0.2, 0.25) is 0 Å². The molecule has 4 N–H and O–H groups in total. The highest BCUT2D eigenvalue weighted by atomic mass is 19.1. The van der Waals surface area contributed by atoms with E-state index in [2.05, 4.69) is 27.1 Å². The van der Waals surface area contributed by atoms with Crippen molar-refractivity contribution in [1.82, 2.24) is 15.3 Å². The highest BCUT2D eigenvalue weighted by Gasteiger charge is 2.22. The minimum atomic E-state index is -2.32. The molecule has 0 aliphatic carbocycles. The molecular weight excluding hydrogens is 443 g/mol. The van der Waals surface area contributed by atoms with Crippen LogP contribution in [0.15, 0.2) is 72.9 Å². The number of nitrogens with zero attached hydrogens (tertiary/aromatic N) is 2. The summed E-state index contributed by atoms with van der Waals surface area (Å²) < 4.78 is 36.9. The number of anilines is 1. The van der Waals surface area contributed by atoms with Crippen molar-refractivity contribution in [2.45, 2.75) is 19.8 Å². The van der Waals surface area contributed by atoms with Crippen LogP contribution in [-0.2, 0) is 0 Å². The van der Waals surface area contributed by atoms with Gasteiger partial charge in [-0.3, -0.25) is 4.79 Å². The van der Waals surface area contributed by atoms with Crippen molar-refractivity contribution in [3.05, 3.63) is 118 Å². The second-order valence-corrected chi connectivity index (χ2v) is 7.84. The summed E-state index contributed by atoms with van der Waals surface area (Å²) in [5, 5.41) is 13.2. The van der Waals surface area contributed by atoms with Crippen LogP contribution >= 0.6 is 0 Å². The Bertz CT molecular complexity index is 1540. The summed E-state index contributed by atoms with van der Waals surface area (Å²) in [4.78, 5) is 21.6. The number of aromatic nitrogens is 2. The molecule has 0 aliphatic heterocycles. The number of benzene rings is 2. The second kappa shape index (κ2) is 10.1. The Balaban J connectivity index is 1.68. The fraction of sp³-hybridized carbons (Fsp3) is 0.107. The molecule has 0 saturated heterocycles. The van der Waals surface area contributed by atoms with Crippen LogP contribution in [0.25, 0.3) is 0 Å². The highest BCUT2D eigenvalue weighted by Crippen LogP contribution is 2.30. The molecular formula is C28H23FN4O2. The Morgan fingerprint density at radius 1 is 1.09 bits per heavy atom. The van der Waals surface area contributed by atoms with E-state index in [4.69, 9.17) is 9.85 Å². The van der Waals surface area contributed by atoms with Gasteiger partial charge in [-0.15, -0.1) is 0 Å². The molecule has 0 radical (unpaired) electrons. The Morgan fingerprint density at radius 3 is 2.57 bits per heavy atom. The number of nitrogen functional groups attached to an aromatic ring is 1. The lowest BCUT2D eigenvalue weighted by Gasteiger charge is -2.21. The van der Waals surface area contributed by atoms with Crippen molar-refractivity contribution >= 4 is 11.7 Å². The normalized spacial score (nSPS) is 12.9. The summed E-state index contributed by atoms with van der Waals surface area (Å²) in [6.07, 6.45) is 1.54. The lowest BCUT2D eigenvalue weighted by molar-refractivity contribution is 0.0937. The molecule has 174 valence electrons. The number of halogens is 1. The number of hydrogen-bond acceptors (Lipinski definition) is 5. The first-order valence-electron chi connectivity index (χ1n) is 12.1. The van der Waals surface area contributed by atoms with Gasteiger partial charge in [-0.2, -0.15) is 0 Å². The molecule has 1 unspecified atom stereocenters. The number of pyridine rings is 2. The molecule has 4 rings (SSSR count). The van der Waals surface area contributed by atoms with E-state index in [0.29, 0.717) is 28.2 Å². The van der Waals surface area contributed by atoms with Gasteiger partial charge in [0.25, 0.3) is 5.91 Å². The first-order valence-corrected chi connectivity index (χ1v) is 10.6. The zero-order valence-corrected chi connectivity index (χ0v) is 18.7. The molecule has 0 saturated carbocycles. The van der Waals surface area contributed by atoms with Crippen molar-refractivity contribution in [3.8, 4) is 17.6 Å². The van der Waals surface area contributed by atoms with Crippen molar-refractivity contribution in [1.29, 1.82) is 0 Å². The first kappa shape index (κ1) is 19.7. The van der Waals surface area contributed by atoms with Crippen LogP contribution in [0, 0.1) is 31.4 Å². The number of hydrogen-bond donors (Lipinski definition) is 3. The van der Waals surface area contributed by atoms with E-state index in [1.165, 1.54) is 42.6 Å². The molecule has 0 spiro atoms. The van der Waals surface area contributed by atoms with E-state index in [-0.39, 0.29) is 22.6 Å². The molecule has 2 aromatic heterocycles. The van der Waals surface area contributed by atoms with Gasteiger partial charge in [0, 0.05) is 32.7 Å². The summed E-state index contributed by atoms with van der Waals surface area (Å²) in [5.41, 5.74) is 8.03. The van der Waals surface area contributed by atoms with E-state index in [1.807, 2.05) is 0 Å². The predicted molar refractivity (Wildman–Crippen MR) is 132 cm³/mol. The molecule has 35 heavy (non-hydrogen) atoms. The molecule has 0 fully saturated rings. The number of nitrogens with two attached hydrogens (primary N) is 1. The molecule has 2 heterocycles. The number of carbonyl (C=O) groups excluding carboxylic acids is 1. The lowest BCUT2D eigenvalue weighted by Crippen LogP contribution is -2.30. The van der Waals surface area contributed by atoms with Gasteiger partial charge in [-0.25, -0.2) is 14.4 Å². The summed E-state index contributed by atoms with van der Waals surface area (Å²) in [6, 6.07) is 14.8. The average molecular weight is 470 g/mol. The molecule has 2 aromatic carbocycles. The van der Waals surface area contributed by atoms with Crippen LogP contribution in [0.4, 0.5) is 10.2 Å². The average Bonchev–Trinajstić information content (AvgIpc) is 2.87. The summed E-state index contributed by atoms with van der Waals surface area (Å²) in [7, 11) is 0. The number of amides is 1. The molecule has 0 bridgehead atoms. The van der Waals surface area contributed by atoms with Gasteiger partial charge in [0.05, 0.1) is 6.04 Å².